The summed E-state index contributed by atoms with van der Waals surface area (Å²) in [6.45, 7) is 2.80. The predicted octanol–water partition coefficient (Wildman–Crippen LogP) is 4.22. The summed E-state index contributed by atoms with van der Waals surface area (Å²) in [7, 11) is -3.88. The number of unbranched alkanes of at least 4 members (excludes halogenated alkanes) is 13. The van der Waals surface area contributed by atoms with Crippen LogP contribution in [0.3, 0.4) is 0 Å². The van der Waals surface area contributed by atoms with Crippen molar-refractivity contribution in [2.24, 2.45) is 17.2 Å². The fraction of sp³-hybridized carbons (Fsp3) is 0.913. The van der Waals surface area contributed by atoms with Crippen LogP contribution in [0.1, 0.15) is 110 Å². The van der Waals surface area contributed by atoms with Crippen LogP contribution in [0.25, 0.3) is 0 Å². The molecule has 0 aliphatic carbocycles. The second kappa shape index (κ2) is 25.1. The summed E-state index contributed by atoms with van der Waals surface area (Å²) >= 11 is 0. The zero-order valence-corrected chi connectivity index (χ0v) is 22.0. The van der Waals surface area contributed by atoms with Crippen molar-refractivity contribution in [3.63, 3.8) is 0 Å². The Morgan fingerprint density at radius 1 is 0.824 bits per heavy atom. The monoisotopic (exact) mass is 511 g/mol. The van der Waals surface area contributed by atoms with E-state index < -0.39 is 25.7 Å². The summed E-state index contributed by atoms with van der Waals surface area (Å²) in [6, 6.07) is -0.837. The lowest BCUT2D eigenvalue weighted by molar-refractivity contribution is -0.137. The van der Waals surface area contributed by atoms with Gasteiger partial charge in [0.05, 0.1) is 19.3 Å². The van der Waals surface area contributed by atoms with Crippen LogP contribution >= 0.6 is 7.82 Å². The van der Waals surface area contributed by atoms with Gasteiger partial charge in [-0.2, -0.15) is 0 Å². The van der Waals surface area contributed by atoms with Gasteiger partial charge in [0.25, 0.3) is 0 Å². The van der Waals surface area contributed by atoms with Gasteiger partial charge in [0.15, 0.2) is 0 Å². The van der Waals surface area contributed by atoms with Crippen molar-refractivity contribution >= 4 is 19.7 Å². The molecule has 0 saturated heterocycles. The van der Waals surface area contributed by atoms with Crippen molar-refractivity contribution in [1.29, 1.82) is 0 Å². The molecular weight excluding hydrogens is 461 g/mol. The fourth-order valence-electron chi connectivity index (χ4n) is 3.10. The van der Waals surface area contributed by atoms with Gasteiger partial charge in [-0.25, -0.2) is 4.57 Å². The van der Waals surface area contributed by atoms with Crippen molar-refractivity contribution in [3.8, 4) is 0 Å². The second-order valence-electron chi connectivity index (χ2n) is 8.46. The number of aliphatic carboxylic acids is 1. The van der Waals surface area contributed by atoms with Gasteiger partial charge in [0, 0.05) is 13.0 Å². The molecule has 0 bridgehead atoms. The van der Waals surface area contributed by atoms with Gasteiger partial charge in [0.1, 0.15) is 0 Å². The number of carboxylic acids is 1. The van der Waals surface area contributed by atoms with E-state index in [0.29, 0.717) is 0 Å². The molecule has 1 unspecified atom stereocenters. The van der Waals surface area contributed by atoms with Gasteiger partial charge >= 0.3 is 13.8 Å². The maximum Gasteiger partial charge on any atom is 0.472 e. The number of hydrogen-bond donors (Lipinski definition) is 5. The van der Waals surface area contributed by atoms with Crippen LogP contribution in [0.5, 0.6) is 0 Å². The first kappa shape index (κ1) is 35.1. The number of phosphoric ester groups is 1. The Morgan fingerprint density at radius 3 is 1.62 bits per heavy atom. The third-order valence-electron chi connectivity index (χ3n) is 5.16. The van der Waals surface area contributed by atoms with Crippen molar-refractivity contribution in [2.45, 2.75) is 116 Å². The lowest BCUT2D eigenvalue weighted by atomic mass is 10.0. The smallest absolute Gasteiger partial charge is 0.472 e. The van der Waals surface area contributed by atoms with Crippen molar-refractivity contribution in [1.82, 2.24) is 0 Å². The number of rotatable bonds is 23. The normalized spacial score (nSPS) is 13.5. The summed E-state index contributed by atoms with van der Waals surface area (Å²) in [6.07, 6.45) is 18.0. The average molecular weight is 512 g/mol. The van der Waals surface area contributed by atoms with Crippen LogP contribution < -0.4 is 17.2 Å². The Balaban J connectivity index is 0. The molecule has 11 heteroatoms. The summed E-state index contributed by atoms with van der Waals surface area (Å²) in [5, 5.41) is 8.14. The Labute approximate surface area is 205 Å². The number of carboxylic acid groups (broad SMARTS) is 1. The van der Waals surface area contributed by atoms with Gasteiger partial charge in [-0.1, -0.05) is 90.4 Å². The zero-order chi connectivity index (χ0) is 26.1. The summed E-state index contributed by atoms with van der Waals surface area (Å²) < 4.78 is 20.9. The van der Waals surface area contributed by atoms with Crippen LogP contribution in [0.2, 0.25) is 0 Å². The maximum atomic E-state index is 11.4. The van der Waals surface area contributed by atoms with Crippen LogP contribution in [0.15, 0.2) is 0 Å². The van der Waals surface area contributed by atoms with E-state index in [2.05, 4.69) is 11.4 Å². The molecule has 0 radical (unpaired) electrons. The highest BCUT2D eigenvalue weighted by molar-refractivity contribution is 7.47. The lowest BCUT2D eigenvalue weighted by Gasteiger charge is -2.11. The molecule has 8 N–H and O–H groups in total. The summed E-state index contributed by atoms with van der Waals surface area (Å²) in [5.41, 5.74) is 15.1. The molecule has 0 aromatic rings. The molecule has 0 spiro atoms. The highest BCUT2D eigenvalue weighted by Gasteiger charge is 2.19. The van der Waals surface area contributed by atoms with Gasteiger partial charge in [-0.3, -0.25) is 18.6 Å². The Morgan fingerprint density at radius 2 is 1.24 bits per heavy atom. The minimum Gasteiger partial charge on any atom is -0.481 e. The highest BCUT2D eigenvalue weighted by Crippen LogP contribution is 2.42. The molecule has 0 aliphatic rings. The molecule has 1 amide bonds. The zero-order valence-electron chi connectivity index (χ0n) is 21.1. The van der Waals surface area contributed by atoms with E-state index in [4.69, 9.17) is 26.8 Å². The third-order valence-corrected chi connectivity index (χ3v) is 6.18. The largest absolute Gasteiger partial charge is 0.481 e. The average Bonchev–Trinajstić information content (AvgIpc) is 2.79. The quantitative estimate of drug-likeness (QED) is 0.0987. The lowest BCUT2D eigenvalue weighted by Crippen LogP contribution is -2.36. The molecule has 2 atom stereocenters. The molecule has 0 rings (SSSR count). The SMILES string of the molecule is CCCCCCCCCCCCCCCCOP(=O)(O)OCCN.NC(=O)[C@H](N)CCC(=O)O. The molecule has 0 saturated carbocycles. The van der Waals surface area contributed by atoms with E-state index in [1.807, 2.05) is 0 Å². The van der Waals surface area contributed by atoms with E-state index in [1.54, 1.807) is 0 Å². The standard InChI is InChI=1S/C18H40NO4P.C5H10N2O3/c1-2-3-4-5-6-7-8-9-10-11-12-13-14-15-17-22-24(20,21)23-18-16-19;6-3(5(7)10)1-2-4(8)9/h2-19H2,1H3,(H,20,21);3H,1-2,6H2,(H2,7,10)(H,8,9)/t;3-/m.1/s1. The van der Waals surface area contributed by atoms with E-state index >= 15 is 0 Å². The number of primary amides is 1. The van der Waals surface area contributed by atoms with Crippen molar-refractivity contribution in [3.05, 3.63) is 0 Å². The minimum atomic E-state index is -3.88. The number of nitrogens with two attached hydrogens (primary N) is 3. The van der Waals surface area contributed by atoms with Crippen LogP contribution in [0, 0.1) is 0 Å². The highest BCUT2D eigenvalue weighted by atomic mass is 31.2. The summed E-state index contributed by atoms with van der Waals surface area (Å²) in [4.78, 5) is 29.4. The molecule has 0 aromatic carbocycles. The fourth-order valence-corrected chi connectivity index (χ4v) is 3.87. The number of carbonyl (C=O) groups excluding carboxylic acids is 1. The number of phosphoric acid groups is 1. The molecule has 204 valence electrons. The maximum absolute atomic E-state index is 11.4. The molecule has 0 aromatic heterocycles. The Hall–Kier alpha value is -1.03. The van der Waals surface area contributed by atoms with Gasteiger partial charge in [0.2, 0.25) is 5.91 Å². The van der Waals surface area contributed by atoms with E-state index in [-0.39, 0.29) is 32.6 Å². The molecule has 0 fully saturated rings. The minimum absolute atomic E-state index is 0.0481. The van der Waals surface area contributed by atoms with E-state index in [9.17, 15) is 19.0 Å². The topological polar surface area (TPSA) is 188 Å². The van der Waals surface area contributed by atoms with Crippen LogP contribution in [-0.2, 0) is 23.2 Å². The van der Waals surface area contributed by atoms with Crippen LogP contribution in [0.4, 0.5) is 0 Å². The molecule has 10 nitrogen and oxygen atoms in total. The van der Waals surface area contributed by atoms with E-state index in [1.165, 1.54) is 77.0 Å². The third kappa shape index (κ3) is 29.0. The molecule has 0 heterocycles. The van der Waals surface area contributed by atoms with Gasteiger partial charge < -0.3 is 27.2 Å². The Bertz CT molecular complexity index is 539. The predicted molar refractivity (Wildman–Crippen MR) is 135 cm³/mol. The molecule has 0 aliphatic heterocycles. The Kier molecular flexibility index (Phi) is 25.9. The van der Waals surface area contributed by atoms with Crippen LogP contribution in [-0.4, -0.2) is 47.7 Å². The first-order chi connectivity index (χ1) is 16.2. The van der Waals surface area contributed by atoms with Crippen molar-refractivity contribution in [2.75, 3.05) is 19.8 Å². The number of amides is 1. The first-order valence-electron chi connectivity index (χ1n) is 12.7. The second-order valence-corrected chi connectivity index (χ2v) is 9.91. The van der Waals surface area contributed by atoms with Gasteiger partial charge in [-0.05, 0) is 12.8 Å². The molecular formula is C23H50N3O7P. The number of hydrogen-bond acceptors (Lipinski definition) is 7. The first-order valence-corrected chi connectivity index (χ1v) is 14.2. The number of carbonyl (C=O) groups is 2. The van der Waals surface area contributed by atoms with E-state index in [0.717, 1.165) is 12.8 Å². The van der Waals surface area contributed by atoms with Gasteiger partial charge in [-0.15, -0.1) is 0 Å². The van der Waals surface area contributed by atoms with Crippen molar-refractivity contribution < 1.29 is 33.2 Å². The molecule has 34 heavy (non-hydrogen) atoms. The summed E-state index contributed by atoms with van der Waals surface area (Å²) in [5.74, 6) is -1.64.